The number of nitrogens with zero attached hydrogens (tertiary/aromatic N) is 5. The quantitative estimate of drug-likeness (QED) is 0.222. The number of anilines is 2. The zero-order valence-corrected chi connectivity index (χ0v) is 21.9. The number of fused-ring (bicyclic) bond motifs is 1. The van der Waals surface area contributed by atoms with E-state index in [9.17, 15) is 28.2 Å². The number of carbonyl (C=O) groups excluding carboxylic acids is 2. The van der Waals surface area contributed by atoms with Crippen molar-refractivity contribution < 1.29 is 33.0 Å². The molecule has 2 aromatic heterocycles. The van der Waals surface area contributed by atoms with Gasteiger partial charge in [0.2, 0.25) is 10.0 Å². The summed E-state index contributed by atoms with van der Waals surface area (Å²) in [6.07, 6.45) is -1.48. The van der Waals surface area contributed by atoms with Crippen molar-refractivity contribution in [2.75, 3.05) is 30.8 Å². The third-order valence-electron chi connectivity index (χ3n) is 5.92. The first-order chi connectivity index (χ1) is 18.6. The second-order valence-electron chi connectivity index (χ2n) is 8.55. The molecular weight excluding hydrogens is 532 g/mol. The smallest absolute Gasteiger partial charge is 0.324 e. The molecule has 5 N–H and O–H groups in total. The Balaban J connectivity index is 1.48. The van der Waals surface area contributed by atoms with Gasteiger partial charge in [0, 0.05) is 25.8 Å². The van der Waals surface area contributed by atoms with E-state index in [1.165, 1.54) is 48.3 Å². The number of aliphatic hydroxyl groups excluding tert-OH is 2. The van der Waals surface area contributed by atoms with E-state index in [1.807, 2.05) is 0 Å². The summed E-state index contributed by atoms with van der Waals surface area (Å²) >= 11 is 0. The molecule has 4 rings (SSSR count). The van der Waals surface area contributed by atoms with Crippen LogP contribution in [0.3, 0.4) is 0 Å². The van der Waals surface area contributed by atoms with E-state index in [0.717, 1.165) is 10.6 Å². The molecule has 0 saturated carbocycles. The predicted molar refractivity (Wildman–Crippen MR) is 139 cm³/mol. The average molecular weight is 561 g/mol. The van der Waals surface area contributed by atoms with Crippen LogP contribution in [0.1, 0.15) is 13.2 Å². The fraction of sp³-hybridized carbons (Fsp3) is 0.348. The fourth-order valence-corrected chi connectivity index (χ4v) is 5.09. The van der Waals surface area contributed by atoms with Crippen LogP contribution in [0.2, 0.25) is 0 Å². The molecule has 3 amide bonds. The molecule has 1 aliphatic heterocycles. The van der Waals surface area contributed by atoms with Crippen LogP contribution in [-0.2, 0) is 19.6 Å². The minimum Gasteiger partial charge on any atom is -0.387 e. The number of aromatic nitrogens is 4. The van der Waals surface area contributed by atoms with Crippen LogP contribution in [-0.4, -0.2) is 92.8 Å². The topological polar surface area (TPSA) is 201 Å². The van der Waals surface area contributed by atoms with Crippen LogP contribution < -0.4 is 16.0 Å². The molecule has 1 aromatic carbocycles. The van der Waals surface area contributed by atoms with E-state index in [2.05, 4.69) is 37.5 Å². The van der Waals surface area contributed by atoms with E-state index >= 15 is 0 Å². The molecule has 3 heterocycles. The van der Waals surface area contributed by atoms with E-state index in [1.54, 1.807) is 6.92 Å². The van der Waals surface area contributed by atoms with Crippen molar-refractivity contribution in [2.24, 2.45) is 0 Å². The standard InChI is InChI=1S/C23H28N8O7S/c1-4-10-30(3)39(36,37)14-8-6-13(7-9-14)28-23(35)29-19-15-20(26-11-25-19)31(12-27-15)22-17(33)16(32)18(38-22)21(34)24-5-2/h4,6-9,11-12,16-18,22,32-33H,1,5,10H2,2-3H3,(H,24,34)(H2,25,26,28,29,35)/t16?,17?,18-,22+/m0/s1. The van der Waals surface area contributed by atoms with E-state index in [4.69, 9.17) is 4.74 Å². The van der Waals surface area contributed by atoms with Crippen molar-refractivity contribution in [1.82, 2.24) is 29.1 Å². The summed E-state index contributed by atoms with van der Waals surface area (Å²) in [6, 6.07) is 4.92. The second-order valence-corrected chi connectivity index (χ2v) is 10.6. The van der Waals surface area contributed by atoms with Gasteiger partial charge in [0.1, 0.15) is 18.5 Å². The zero-order valence-electron chi connectivity index (χ0n) is 21.1. The number of hydrogen-bond acceptors (Lipinski definition) is 10. The Kier molecular flexibility index (Phi) is 8.22. The van der Waals surface area contributed by atoms with E-state index < -0.39 is 46.5 Å². The maximum absolute atomic E-state index is 12.6. The molecule has 0 aliphatic carbocycles. The minimum atomic E-state index is -3.70. The largest absolute Gasteiger partial charge is 0.387 e. The Morgan fingerprint density at radius 2 is 1.87 bits per heavy atom. The summed E-state index contributed by atoms with van der Waals surface area (Å²) in [4.78, 5) is 37.3. The first kappa shape index (κ1) is 28.1. The molecule has 4 atom stereocenters. The van der Waals surface area contributed by atoms with Crippen molar-refractivity contribution in [1.29, 1.82) is 0 Å². The number of carbonyl (C=O) groups is 2. The van der Waals surface area contributed by atoms with Crippen molar-refractivity contribution in [3.63, 3.8) is 0 Å². The number of ether oxygens (including phenoxy) is 1. The summed E-state index contributed by atoms with van der Waals surface area (Å²) < 4.78 is 33.2. The lowest BCUT2D eigenvalue weighted by atomic mass is 10.1. The lowest BCUT2D eigenvalue weighted by Crippen LogP contribution is -2.42. The number of urea groups is 1. The SMILES string of the molecule is C=CCN(C)S(=O)(=O)c1ccc(NC(=O)Nc2ncnc3c2ncn3[C@@H]2O[C@H](C(=O)NCC)C(O)C2O)cc1. The first-order valence-corrected chi connectivity index (χ1v) is 13.2. The number of hydrogen-bond donors (Lipinski definition) is 5. The number of aliphatic hydroxyl groups is 2. The number of imidazole rings is 1. The van der Waals surface area contributed by atoms with Gasteiger partial charge in [0.05, 0.1) is 11.2 Å². The first-order valence-electron chi connectivity index (χ1n) is 11.8. The summed E-state index contributed by atoms with van der Waals surface area (Å²) in [6.45, 7) is 5.71. The van der Waals surface area contributed by atoms with Gasteiger partial charge in [-0.2, -0.15) is 4.31 Å². The van der Waals surface area contributed by atoms with Gasteiger partial charge < -0.3 is 25.6 Å². The number of likely N-dealkylation sites (N-methyl/N-ethyl adjacent to an activating group) is 2. The van der Waals surface area contributed by atoms with Crippen LogP contribution in [0.15, 0.2) is 54.5 Å². The Bertz CT molecular complexity index is 1480. The molecule has 1 fully saturated rings. The highest BCUT2D eigenvalue weighted by atomic mass is 32.2. The van der Waals surface area contributed by atoms with Gasteiger partial charge in [0.25, 0.3) is 5.91 Å². The highest BCUT2D eigenvalue weighted by Crippen LogP contribution is 2.32. The van der Waals surface area contributed by atoms with E-state index in [0.29, 0.717) is 12.2 Å². The highest BCUT2D eigenvalue weighted by molar-refractivity contribution is 7.89. The Morgan fingerprint density at radius 3 is 2.54 bits per heavy atom. The van der Waals surface area contributed by atoms with Gasteiger partial charge in [-0.25, -0.2) is 28.2 Å². The zero-order chi connectivity index (χ0) is 28.3. The fourth-order valence-electron chi connectivity index (χ4n) is 3.95. The number of benzene rings is 1. The van der Waals surface area contributed by atoms with Gasteiger partial charge >= 0.3 is 6.03 Å². The summed E-state index contributed by atoms with van der Waals surface area (Å²) in [5.74, 6) is -0.533. The second kappa shape index (κ2) is 11.4. The molecule has 3 aromatic rings. The van der Waals surface area contributed by atoms with Crippen LogP contribution >= 0.6 is 0 Å². The summed E-state index contributed by atoms with van der Waals surface area (Å²) in [5, 5.41) is 28.5. The molecule has 16 heteroatoms. The molecule has 15 nitrogen and oxygen atoms in total. The molecular formula is C23H28N8O7S. The van der Waals surface area contributed by atoms with Gasteiger partial charge in [-0.15, -0.1) is 6.58 Å². The third-order valence-corrected chi connectivity index (χ3v) is 7.76. The molecule has 0 bridgehead atoms. The predicted octanol–water partition coefficient (Wildman–Crippen LogP) is 0.0321. The summed E-state index contributed by atoms with van der Waals surface area (Å²) in [7, 11) is -2.27. The number of nitrogens with one attached hydrogen (secondary N) is 3. The van der Waals surface area contributed by atoms with Crippen LogP contribution in [0.25, 0.3) is 11.2 Å². The maximum atomic E-state index is 12.6. The third kappa shape index (κ3) is 5.59. The number of sulfonamides is 1. The van der Waals surface area contributed by atoms with Gasteiger partial charge in [-0.1, -0.05) is 6.08 Å². The van der Waals surface area contributed by atoms with Gasteiger partial charge in [-0.05, 0) is 31.2 Å². The van der Waals surface area contributed by atoms with Gasteiger partial charge in [0.15, 0.2) is 29.3 Å². The molecule has 0 radical (unpaired) electrons. The number of amides is 3. The van der Waals surface area contributed by atoms with Gasteiger partial charge in [-0.3, -0.25) is 14.7 Å². The minimum absolute atomic E-state index is 0.0369. The van der Waals surface area contributed by atoms with Crippen molar-refractivity contribution >= 4 is 44.6 Å². The van der Waals surface area contributed by atoms with Crippen LogP contribution in [0.5, 0.6) is 0 Å². The van der Waals surface area contributed by atoms with Crippen LogP contribution in [0, 0.1) is 0 Å². The summed E-state index contributed by atoms with van der Waals surface area (Å²) in [5.41, 5.74) is 0.652. The molecule has 1 saturated heterocycles. The van der Waals surface area contributed by atoms with Crippen molar-refractivity contribution in [2.45, 2.75) is 36.4 Å². The highest BCUT2D eigenvalue weighted by Gasteiger charge is 2.47. The lowest BCUT2D eigenvalue weighted by molar-refractivity contribution is -0.137. The lowest BCUT2D eigenvalue weighted by Gasteiger charge is -2.16. The monoisotopic (exact) mass is 560 g/mol. The molecule has 39 heavy (non-hydrogen) atoms. The molecule has 2 unspecified atom stereocenters. The molecule has 208 valence electrons. The van der Waals surface area contributed by atoms with Crippen molar-refractivity contribution in [3.8, 4) is 0 Å². The number of rotatable bonds is 9. The average Bonchev–Trinajstić information content (AvgIpc) is 3.46. The Hall–Kier alpha value is -3.96. The normalized spacial score (nSPS) is 21.2. The Morgan fingerprint density at radius 1 is 1.15 bits per heavy atom. The van der Waals surface area contributed by atoms with Crippen LogP contribution in [0.4, 0.5) is 16.3 Å². The van der Waals surface area contributed by atoms with Crippen molar-refractivity contribution in [3.05, 3.63) is 49.6 Å². The van der Waals surface area contributed by atoms with E-state index in [-0.39, 0.29) is 28.4 Å². The Labute approximate surface area is 223 Å². The maximum Gasteiger partial charge on any atom is 0.324 e. The molecule has 1 aliphatic rings. The molecule has 0 spiro atoms.